The van der Waals surface area contributed by atoms with Crippen LogP contribution in [-0.4, -0.2) is 36.1 Å². The van der Waals surface area contributed by atoms with E-state index in [-0.39, 0.29) is 5.69 Å². The number of anilines is 1. The minimum Gasteiger partial charge on any atom is -0.504 e. The Kier molecular flexibility index (Phi) is 5.96. The lowest BCUT2D eigenvalue weighted by Crippen LogP contribution is -2.21. The SMILES string of the molecule is [C-]#[N+]c1cc2c(Oc3ccc(N)c(F)c3)ccnc2cc1OCCCN1CCCC1. The molecular weight excluding hydrogens is 383 g/mol. The number of aromatic nitrogens is 1. The van der Waals surface area contributed by atoms with Crippen molar-refractivity contribution in [2.75, 3.05) is 32.0 Å². The molecule has 154 valence electrons. The number of ether oxygens (including phenoxy) is 2. The largest absolute Gasteiger partial charge is 0.504 e. The van der Waals surface area contributed by atoms with Crippen molar-refractivity contribution < 1.29 is 13.9 Å². The third-order valence-electron chi connectivity index (χ3n) is 5.18. The molecule has 0 unspecified atom stereocenters. The summed E-state index contributed by atoms with van der Waals surface area (Å²) in [5.41, 5.74) is 6.62. The van der Waals surface area contributed by atoms with Gasteiger partial charge in [-0.1, -0.05) is 0 Å². The number of pyridine rings is 1. The summed E-state index contributed by atoms with van der Waals surface area (Å²) in [5, 5.41) is 0.658. The van der Waals surface area contributed by atoms with Gasteiger partial charge in [-0.2, -0.15) is 0 Å². The van der Waals surface area contributed by atoms with Crippen LogP contribution in [0.2, 0.25) is 0 Å². The summed E-state index contributed by atoms with van der Waals surface area (Å²) >= 11 is 0. The van der Waals surface area contributed by atoms with Crippen LogP contribution >= 0.6 is 0 Å². The highest BCUT2D eigenvalue weighted by atomic mass is 19.1. The number of nitrogen functional groups attached to an aromatic ring is 1. The van der Waals surface area contributed by atoms with Gasteiger partial charge in [0.1, 0.15) is 23.1 Å². The first-order valence-corrected chi connectivity index (χ1v) is 10.0. The van der Waals surface area contributed by atoms with E-state index in [0.717, 1.165) is 26.1 Å². The van der Waals surface area contributed by atoms with Crippen LogP contribution in [-0.2, 0) is 0 Å². The van der Waals surface area contributed by atoms with Gasteiger partial charge in [-0.3, -0.25) is 4.98 Å². The van der Waals surface area contributed by atoms with Gasteiger partial charge < -0.3 is 20.1 Å². The number of fused-ring (bicyclic) bond motifs is 1. The maximum absolute atomic E-state index is 13.7. The number of nitrogens with two attached hydrogens (primary N) is 1. The molecule has 1 saturated heterocycles. The van der Waals surface area contributed by atoms with Crippen molar-refractivity contribution >= 4 is 22.3 Å². The molecule has 1 aliphatic heterocycles. The van der Waals surface area contributed by atoms with Crippen LogP contribution in [0.1, 0.15) is 19.3 Å². The summed E-state index contributed by atoms with van der Waals surface area (Å²) < 4.78 is 25.5. The molecule has 3 aromatic rings. The number of hydrogen-bond donors (Lipinski definition) is 1. The number of nitrogens with zero attached hydrogens (tertiary/aromatic N) is 3. The third kappa shape index (κ3) is 4.44. The van der Waals surface area contributed by atoms with Gasteiger partial charge in [0.25, 0.3) is 0 Å². The maximum atomic E-state index is 13.7. The van der Waals surface area contributed by atoms with Gasteiger partial charge in [-0.05, 0) is 62.7 Å². The fourth-order valence-corrected chi connectivity index (χ4v) is 3.60. The molecule has 6 nitrogen and oxygen atoms in total. The zero-order valence-electron chi connectivity index (χ0n) is 16.6. The second-order valence-corrected chi connectivity index (χ2v) is 7.29. The molecule has 2 N–H and O–H groups in total. The molecule has 0 radical (unpaired) electrons. The summed E-state index contributed by atoms with van der Waals surface area (Å²) in [5.74, 6) is 0.773. The van der Waals surface area contributed by atoms with Gasteiger partial charge in [0.15, 0.2) is 0 Å². The minimum absolute atomic E-state index is 0.0590. The highest BCUT2D eigenvalue weighted by Gasteiger charge is 2.14. The van der Waals surface area contributed by atoms with E-state index in [9.17, 15) is 4.39 Å². The normalized spacial score (nSPS) is 14.0. The van der Waals surface area contributed by atoms with Gasteiger partial charge in [0.2, 0.25) is 5.69 Å². The molecule has 0 bridgehead atoms. The number of halogens is 1. The van der Waals surface area contributed by atoms with Crippen molar-refractivity contribution in [1.82, 2.24) is 9.88 Å². The molecule has 30 heavy (non-hydrogen) atoms. The number of hydrogen-bond acceptors (Lipinski definition) is 5. The number of rotatable bonds is 7. The predicted octanol–water partition coefficient (Wildman–Crippen LogP) is 5.16. The summed E-state index contributed by atoms with van der Waals surface area (Å²) in [6, 6.07) is 9.42. The second kappa shape index (κ2) is 8.97. The van der Waals surface area contributed by atoms with Gasteiger partial charge in [0, 0.05) is 24.2 Å². The van der Waals surface area contributed by atoms with Crippen molar-refractivity contribution in [1.29, 1.82) is 0 Å². The van der Waals surface area contributed by atoms with Crippen molar-refractivity contribution in [3.8, 4) is 17.2 Å². The molecule has 1 aliphatic rings. The zero-order valence-corrected chi connectivity index (χ0v) is 16.6. The van der Waals surface area contributed by atoms with E-state index in [1.165, 1.54) is 25.0 Å². The van der Waals surface area contributed by atoms with Crippen LogP contribution in [0.4, 0.5) is 15.8 Å². The molecular formula is C23H23FN4O2. The Bertz CT molecular complexity index is 1090. The summed E-state index contributed by atoms with van der Waals surface area (Å²) in [6.45, 7) is 11.4. The van der Waals surface area contributed by atoms with E-state index in [0.29, 0.717) is 40.4 Å². The maximum Gasteiger partial charge on any atom is 0.229 e. The van der Waals surface area contributed by atoms with E-state index in [4.69, 9.17) is 21.8 Å². The Morgan fingerprint density at radius 2 is 1.97 bits per heavy atom. The van der Waals surface area contributed by atoms with Crippen LogP contribution in [0.3, 0.4) is 0 Å². The monoisotopic (exact) mass is 406 g/mol. The van der Waals surface area contributed by atoms with Gasteiger partial charge >= 0.3 is 0 Å². The number of benzene rings is 2. The molecule has 1 aromatic heterocycles. The summed E-state index contributed by atoms with van der Waals surface area (Å²) in [6.07, 6.45) is 5.06. The first kappa shape index (κ1) is 19.9. The molecule has 0 aliphatic carbocycles. The topological polar surface area (TPSA) is 65.0 Å². The quantitative estimate of drug-likeness (QED) is 0.333. The molecule has 0 amide bonds. The lowest BCUT2D eigenvalue weighted by atomic mass is 10.1. The van der Waals surface area contributed by atoms with Gasteiger partial charge in [-0.15, -0.1) is 0 Å². The Balaban J connectivity index is 1.52. The molecule has 0 atom stereocenters. The first-order chi connectivity index (χ1) is 14.6. The molecule has 1 fully saturated rings. The lowest BCUT2D eigenvalue weighted by molar-refractivity contribution is 0.264. The van der Waals surface area contributed by atoms with Crippen LogP contribution in [0.5, 0.6) is 17.2 Å². The highest BCUT2D eigenvalue weighted by molar-refractivity contribution is 5.91. The van der Waals surface area contributed by atoms with Crippen LogP contribution in [0.25, 0.3) is 15.7 Å². The smallest absolute Gasteiger partial charge is 0.229 e. The Morgan fingerprint density at radius 1 is 1.13 bits per heavy atom. The fraction of sp³-hybridized carbons (Fsp3) is 0.304. The zero-order chi connectivity index (χ0) is 20.9. The number of likely N-dealkylation sites (tertiary alicyclic amines) is 1. The lowest BCUT2D eigenvalue weighted by Gasteiger charge is -2.15. The molecule has 0 saturated carbocycles. The standard InChI is InChI=1S/C23H23FN4O2/c1-26-21-14-17-20(15-23(21)29-12-4-11-28-9-2-3-10-28)27-8-7-22(17)30-16-5-6-19(25)18(24)13-16/h5-8,13-15H,2-4,9-12,25H2. The van der Waals surface area contributed by atoms with E-state index in [1.807, 2.05) is 0 Å². The average molecular weight is 406 g/mol. The van der Waals surface area contributed by atoms with E-state index < -0.39 is 5.82 Å². The van der Waals surface area contributed by atoms with Crippen molar-refractivity contribution in [3.05, 3.63) is 59.8 Å². The van der Waals surface area contributed by atoms with E-state index >= 15 is 0 Å². The van der Waals surface area contributed by atoms with Gasteiger partial charge in [0.05, 0.1) is 24.4 Å². The Labute approximate surface area is 174 Å². The highest BCUT2D eigenvalue weighted by Crippen LogP contribution is 2.37. The second-order valence-electron chi connectivity index (χ2n) is 7.29. The molecule has 2 heterocycles. The predicted molar refractivity (Wildman–Crippen MR) is 115 cm³/mol. The third-order valence-corrected chi connectivity index (χ3v) is 5.18. The van der Waals surface area contributed by atoms with Crippen LogP contribution in [0, 0.1) is 12.4 Å². The molecule has 7 heteroatoms. The summed E-state index contributed by atoms with van der Waals surface area (Å²) in [7, 11) is 0. The average Bonchev–Trinajstić information content (AvgIpc) is 3.27. The molecule has 4 rings (SSSR count). The van der Waals surface area contributed by atoms with Crippen LogP contribution in [0.15, 0.2) is 42.6 Å². The van der Waals surface area contributed by atoms with Crippen molar-refractivity contribution in [2.24, 2.45) is 0 Å². The fourth-order valence-electron chi connectivity index (χ4n) is 3.60. The Morgan fingerprint density at radius 3 is 2.73 bits per heavy atom. The molecule has 2 aromatic carbocycles. The molecule has 0 spiro atoms. The summed E-state index contributed by atoms with van der Waals surface area (Å²) in [4.78, 5) is 10.4. The first-order valence-electron chi connectivity index (χ1n) is 10.0. The minimum atomic E-state index is -0.544. The van der Waals surface area contributed by atoms with Crippen molar-refractivity contribution in [2.45, 2.75) is 19.3 Å². The Hall–Kier alpha value is -3.37. The van der Waals surface area contributed by atoms with E-state index in [1.54, 1.807) is 30.5 Å². The van der Waals surface area contributed by atoms with Crippen molar-refractivity contribution in [3.63, 3.8) is 0 Å². The van der Waals surface area contributed by atoms with Gasteiger partial charge in [-0.25, -0.2) is 9.24 Å². The van der Waals surface area contributed by atoms with Crippen LogP contribution < -0.4 is 15.2 Å². The van der Waals surface area contributed by atoms with E-state index in [2.05, 4.69) is 14.7 Å².